The number of benzene rings is 2. The molecule has 0 saturated heterocycles. The maximum atomic E-state index is 12.0. The van der Waals surface area contributed by atoms with Crippen LogP contribution < -0.4 is 15.2 Å². The van der Waals surface area contributed by atoms with Gasteiger partial charge in [-0.3, -0.25) is 4.79 Å². The van der Waals surface area contributed by atoms with E-state index in [9.17, 15) is 13.2 Å². The van der Waals surface area contributed by atoms with Crippen molar-refractivity contribution >= 4 is 15.9 Å². The first-order chi connectivity index (χ1) is 10.9. The molecule has 122 valence electrons. The fourth-order valence-electron chi connectivity index (χ4n) is 2.03. The van der Waals surface area contributed by atoms with Gasteiger partial charge in [0, 0.05) is 12.1 Å². The second-order valence-corrected chi connectivity index (χ2v) is 6.49. The Morgan fingerprint density at radius 1 is 1.17 bits per heavy atom. The minimum atomic E-state index is -3.68. The van der Waals surface area contributed by atoms with Gasteiger partial charge in [-0.2, -0.15) is 0 Å². The van der Waals surface area contributed by atoms with E-state index in [4.69, 9.17) is 9.88 Å². The number of sulfonamides is 1. The third kappa shape index (κ3) is 4.80. The van der Waals surface area contributed by atoms with Gasteiger partial charge in [-0.1, -0.05) is 18.2 Å². The lowest BCUT2D eigenvalue weighted by molar-refractivity contribution is 0.0954. The van der Waals surface area contributed by atoms with Crippen LogP contribution in [-0.2, 0) is 16.4 Å². The van der Waals surface area contributed by atoms with Crippen LogP contribution in [0.4, 0.5) is 0 Å². The molecule has 0 aliphatic heterocycles. The lowest BCUT2D eigenvalue weighted by atomic mass is 10.1. The summed E-state index contributed by atoms with van der Waals surface area (Å²) in [6.07, 6.45) is 0.584. The first-order valence-corrected chi connectivity index (χ1v) is 8.49. The van der Waals surface area contributed by atoms with E-state index in [1.54, 1.807) is 43.5 Å². The third-order valence-corrected chi connectivity index (χ3v) is 4.21. The number of rotatable bonds is 6. The average Bonchev–Trinajstić information content (AvgIpc) is 2.54. The van der Waals surface area contributed by atoms with Gasteiger partial charge in [0.05, 0.1) is 12.0 Å². The Labute approximate surface area is 135 Å². The van der Waals surface area contributed by atoms with Crippen molar-refractivity contribution in [3.63, 3.8) is 0 Å². The predicted molar refractivity (Wildman–Crippen MR) is 86.8 cm³/mol. The molecule has 2 rings (SSSR count). The van der Waals surface area contributed by atoms with Crippen molar-refractivity contribution in [2.75, 3.05) is 13.7 Å². The Hall–Kier alpha value is -2.38. The molecular formula is C16H18N2O4S. The fraction of sp³-hybridized carbons (Fsp3) is 0.188. The molecule has 0 bridgehead atoms. The molecule has 2 aromatic rings. The van der Waals surface area contributed by atoms with Gasteiger partial charge >= 0.3 is 0 Å². The number of methoxy groups -OCH3 is 1. The number of ether oxygens (including phenoxy) is 1. The summed E-state index contributed by atoms with van der Waals surface area (Å²) in [4.78, 5) is 12.1. The molecular weight excluding hydrogens is 316 g/mol. The summed E-state index contributed by atoms with van der Waals surface area (Å²) in [6, 6.07) is 13.1. The van der Waals surface area contributed by atoms with Crippen LogP contribution in [0.2, 0.25) is 0 Å². The third-order valence-electron chi connectivity index (χ3n) is 3.28. The van der Waals surface area contributed by atoms with Gasteiger partial charge in [0.15, 0.2) is 0 Å². The van der Waals surface area contributed by atoms with E-state index < -0.39 is 10.0 Å². The Morgan fingerprint density at radius 2 is 1.87 bits per heavy atom. The van der Waals surface area contributed by atoms with E-state index in [1.165, 1.54) is 12.1 Å². The van der Waals surface area contributed by atoms with Gasteiger partial charge in [0.25, 0.3) is 5.91 Å². The van der Waals surface area contributed by atoms with Gasteiger partial charge in [0.1, 0.15) is 5.75 Å². The molecule has 0 heterocycles. The standard InChI is InChI=1S/C16H18N2O4S/c1-22-14-4-2-3-13(11-14)16(19)18-10-9-12-5-7-15(8-6-12)23(17,20)21/h2-8,11H,9-10H2,1H3,(H,18,19)(H2,17,20,21). The monoisotopic (exact) mass is 334 g/mol. The number of primary sulfonamides is 1. The quantitative estimate of drug-likeness (QED) is 0.832. The topological polar surface area (TPSA) is 98.5 Å². The SMILES string of the molecule is COc1cccc(C(=O)NCCc2ccc(S(N)(=O)=O)cc2)c1. The highest BCUT2D eigenvalue weighted by Gasteiger charge is 2.08. The van der Waals surface area contributed by atoms with Crippen LogP contribution in [0.3, 0.4) is 0 Å². The van der Waals surface area contributed by atoms with Crippen molar-refractivity contribution in [1.82, 2.24) is 5.32 Å². The van der Waals surface area contributed by atoms with Gasteiger partial charge in [-0.15, -0.1) is 0 Å². The van der Waals surface area contributed by atoms with E-state index >= 15 is 0 Å². The molecule has 2 aromatic carbocycles. The highest BCUT2D eigenvalue weighted by atomic mass is 32.2. The molecule has 0 aliphatic rings. The van der Waals surface area contributed by atoms with Crippen molar-refractivity contribution in [1.29, 1.82) is 0 Å². The molecule has 1 amide bonds. The average molecular weight is 334 g/mol. The first-order valence-electron chi connectivity index (χ1n) is 6.94. The van der Waals surface area contributed by atoms with Crippen molar-refractivity contribution < 1.29 is 17.9 Å². The molecule has 7 heteroatoms. The maximum absolute atomic E-state index is 12.0. The van der Waals surface area contributed by atoms with Crippen molar-refractivity contribution in [2.45, 2.75) is 11.3 Å². The molecule has 0 atom stereocenters. The molecule has 0 spiro atoms. The van der Waals surface area contributed by atoms with Gasteiger partial charge in [-0.05, 0) is 42.3 Å². The van der Waals surface area contributed by atoms with Gasteiger partial charge in [0.2, 0.25) is 10.0 Å². The zero-order valence-corrected chi connectivity index (χ0v) is 13.5. The van der Waals surface area contributed by atoms with Crippen LogP contribution in [-0.4, -0.2) is 28.0 Å². The minimum Gasteiger partial charge on any atom is -0.497 e. The molecule has 0 saturated carbocycles. The summed E-state index contributed by atoms with van der Waals surface area (Å²) in [7, 11) is -2.13. The Bertz CT molecular complexity index is 786. The number of carbonyl (C=O) groups excluding carboxylic acids is 1. The number of hydrogen-bond donors (Lipinski definition) is 2. The highest BCUT2D eigenvalue weighted by Crippen LogP contribution is 2.12. The molecule has 0 aliphatic carbocycles. The summed E-state index contributed by atoms with van der Waals surface area (Å²) in [5.74, 6) is 0.432. The molecule has 0 aromatic heterocycles. The summed E-state index contributed by atoms with van der Waals surface area (Å²) < 4.78 is 27.4. The van der Waals surface area contributed by atoms with Crippen LogP contribution in [0.1, 0.15) is 15.9 Å². The van der Waals surface area contributed by atoms with Crippen LogP contribution in [0.15, 0.2) is 53.4 Å². The predicted octanol–water partition coefficient (Wildman–Crippen LogP) is 1.32. The Balaban J connectivity index is 1.90. The molecule has 0 unspecified atom stereocenters. The maximum Gasteiger partial charge on any atom is 0.251 e. The van der Waals surface area contributed by atoms with Gasteiger partial charge in [-0.25, -0.2) is 13.6 Å². The van der Waals surface area contributed by atoms with Crippen LogP contribution >= 0.6 is 0 Å². The zero-order valence-electron chi connectivity index (χ0n) is 12.7. The van der Waals surface area contributed by atoms with E-state index in [-0.39, 0.29) is 10.8 Å². The lowest BCUT2D eigenvalue weighted by Crippen LogP contribution is -2.25. The van der Waals surface area contributed by atoms with E-state index in [0.29, 0.717) is 24.3 Å². The highest BCUT2D eigenvalue weighted by molar-refractivity contribution is 7.89. The summed E-state index contributed by atoms with van der Waals surface area (Å²) in [5.41, 5.74) is 1.43. The fourth-order valence-corrected chi connectivity index (χ4v) is 2.55. The minimum absolute atomic E-state index is 0.0710. The summed E-state index contributed by atoms with van der Waals surface area (Å²) >= 11 is 0. The largest absolute Gasteiger partial charge is 0.497 e. The first kappa shape index (κ1) is 17.0. The van der Waals surface area contributed by atoms with E-state index in [0.717, 1.165) is 5.56 Å². The zero-order chi connectivity index (χ0) is 16.9. The number of nitrogens with one attached hydrogen (secondary N) is 1. The molecule has 3 N–H and O–H groups in total. The van der Waals surface area contributed by atoms with Crippen molar-refractivity contribution in [3.8, 4) is 5.75 Å². The lowest BCUT2D eigenvalue weighted by Gasteiger charge is -2.07. The number of hydrogen-bond acceptors (Lipinski definition) is 4. The molecule has 0 fully saturated rings. The van der Waals surface area contributed by atoms with Crippen molar-refractivity contribution in [3.05, 3.63) is 59.7 Å². The molecule has 23 heavy (non-hydrogen) atoms. The Morgan fingerprint density at radius 3 is 2.48 bits per heavy atom. The molecule has 6 nitrogen and oxygen atoms in total. The Kier molecular flexibility index (Phi) is 5.36. The second kappa shape index (κ2) is 7.26. The van der Waals surface area contributed by atoms with Crippen LogP contribution in [0.5, 0.6) is 5.75 Å². The van der Waals surface area contributed by atoms with Crippen molar-refractivity contribution in [2.24, 2.45) is 5.14 Å². The van der Waals surface area contributed by atoms with E-state index in [2.05, 4.69) is 5.32 Å². The summed E-state index contributed by atoms with van der Waals surface area (Å²) in [6.45, 7) is 0.435. The normalized spacial score (nSPS) is 11.0. The number of carbonyl (C=O) groups is 1. The van der Waals surface area contributed by atoms with Crippen LogP contribution in [0, 0.1) is 0 Å². The van der Waals surface area contributed by atoms with E-state index in [1.807, 2.05) is 0 Å². The number of nitrogens with two attached hydrogens (primary N) is 1. The van der Waals surface area contributed by atoms with Crippen LogP contribution in [0.25, 0.3) is 0 Å². The second-order valence-electron chi connectivity index (χ2n) is 4.93. The smallest absolute Gasteiger partial charge is 0.251 e. The van der Waals surface area contributed by atoms with Gasteiger partial charge < -0.3 is 10.1 Å². The summed E-state index contributed by atoms with van der Waals surface area (Å²) in [5, 5.41) is 7.85. The molecule has 0 radical (unpaired) electrons. The number of amides is 1.